The first kappa shape index (κ1) is 13.6. The Kier molecular flexibility index (Phi) is 3.70. The summed E-state index contributed by atoms with van der Waals surface area (Å²) < 4.78 is 2.55. The highest BCUT2D eigenvalue weighted by molar-refractivity contribution is 5.21. The van der Waals surface area contributed by atoms with Crippen molar-refractivity contribution in [3.8, 4) is 0 Å². The number of hydrogen-bond acceptors (Lipinski definition) is 7. The van der Waals surface area contributed by atoms with Crippen LogP contribution in [0.3, 0.4) is 0 Å². The highest BCUT2D eigenvalue weighted by atomic mass is 16.6. The van der Waals surface area contributed by atoms with E-state index in [1.165, 1.54) is 28.0 Å². The van der Waals surface area contributed by atoms with Crippen LogP contribution in [0.4, 0.5) is 11.4 Å². The maximum Gasteiger partial charge on any atom is 0.306 e. The molecule has 20 heavy (non-hydrogen) atoms. The molecule has 2 aromatic heterocycles. The van der Waals surface area contributed by atoms with E-state index in [1.807, 2.05) is 0 Å². The van der Waals surface area contributed by atoms with Crippen LogP contribution in [0.5, 0.6) is 0 Å². The summed E-state index contributed by atoms with van der Waals surface area (Å²) in [7, 11) is 0. The van der Waals surface area contributed by atoms with Gasteiger partial charge in [0.2, 0.25) is 0 Å². The van der Waals surface area contributed by atoms with Crippen LogP contribution in [0.1, 0.15) is 0 Å². The molecule has 11 heteroatoms. The van der Waals surface area contributed by atoms with E-state index in [0.717, 1.165) is 6.20 Å². The van der Waals surface area contributed by atoms with Crippen molar-refractivity contribution in [3.05, 3.63) is 40.1 Å². The summed E-state index contributed by atoms with van der Waals surface area (Å²) >= 11 is 0. The second-order valence-electron chi connectivity index (χ2n) is 4.05. The third-order valence-electron chi connectivity index (χ3n) is 2.48. The second kappa shape index (κ2) is 5.44. The van der Waals surface area contributed by atoms with E-state index in [2.05, 4.69) is 10.2 Å². The largest absolute Gasteiger partial charge is 0.594 e. The van der Waals surface area contributed by atoms with Gasteiger partial charge >= 0.3 is 5.69 Å². The van der Waals surface area contributed by atoms with Crippen LogP contribution in [0, 0.1) is 20.9 Å². The number of rotatable bonds is 6. The van der Waals surface area contributed by atoms with Gasteiger partial charge in [-0.15, -0.1) is 0 Å². The van der Waals surface area contributed by atoms with Crippen LogP contribution in [0.15, 0.2) is 24.8 Å². The lowest BCUT2D eigenvalue weighted by molar-refractivity contribution is -0.465. The summed E-state index contributed by atoms with van der Waals surface area (Å²) in [5, 5.41) is 38.6. The van der Waals surface area contributed by atoms with Gasteiger partial charge in [0.1, 0.15) is 24.8 Å². The molecule has 106 valence electrons. The van der Waals surface area contributed by atoms with Crippen molar-refractivity contribution in [2.24, 2.45) is 0 Å². The lowest BCUT2D eigenvalue weighted by Crippen LogP contribution is -2.22. The first-order valence-corrected chi connectivity index (χ1v) is 5.51. The number of hydrogen-bond donors (Lipinski definition) is 2. The Morgan fingerprint density at radius 3 is 2.10 bits per heavy atom. The van der Waals surface area contributed by atoms with Crippen LogP contribution < -0.4 is 0 Å². The average Bonchev–Trinajstić information content (AvgIpc) is 2.98. The number of nitro groups is 1. The highest BCUT2D eigenvalue weighted by Gasteiger charge is 2.14. The molecular weight excluding hydrogens is 270 g/mol. The van der Waals surface area contributed by atoms with E-state index < -0.39 is 11.0 Å². The normalized spacial score (nSPS) is 12.2. The van der Waals surface area contributed by atoms with E-state index in [0.29, 0.717) is 0 Å². The molecule has 0 aliphatic carbocycles. The average molecular weight is 281 g/mol. The van der Waals surface area contributed by atoms with Gasteiger partial charge in [-0.1, -0.05) is 4.86 Å². The molecule has 2 N–H and O–H groups in total. The molecule has 0 radical (unpaired) electrons. The third kappa shape index (κ3) is 3.14. The van der Waals surface area contributed by atoms with Gasteiger partial charge in [0.25, 0.3) is 5.69 Å². The first-order chi connectivity index (χ1) is 9.45. The van der Waals surface area contributed by atoms with E-state index in [1.54, 1.807) is 0 Å². The van der Waals surface area contributed by atoms with Crippen molar-refractivity contribution in [2.45, 2.75) is 19.2 Å². The van der Waals surface area contributed by atoms with Gasteiger partial charge < -0.3 is 10.3 Å². The van der Waals surface area contributed by atoms with Gasteiger partial charge in [-0.2, -0.15) is 10.2 Å². The minimum Gasteiger partial charge on any atom is -0.594 e. The van der Waals surface area contributed by atoms with Gasteiger partial charge in [0, 0.05) is 0 Å². The summed E-state index contributed by atoms with van der Waals surface area (Å²) in [6.07, 6.45) is 3.92. The van der Waals surface area contributed by atoms with Gasteiger partial charge in [-0.25, -0.2) is 0 Å². The van der Waals surface area contributed by atoms with Gasteiger partial charge in [-0.3, -0.25) is 19.5 Å². The molecule has 11 nitrogen and oxygen atoms in total. The minimum atomic E-state index is -0.895. The molecule has 2 rings (SSSR count). The summed E-state index contributed by atoms with van der Waals surface area (Å²) in [6, 6.07) is 0. The molecule has 0 bridgehead atoms. The number of aliphatic hydroxyl groups is 1. The maximum absolute atomic E-state index is 10.7. The van der Waals surface area contributed by atoms with Crippen molar-refractivity contribution in [1.29, 1.82) is 5.53 Å². The monoisotopic (exact) mass is 281 g/mol. The van der Waals surface area contributed by atoms with Gasteiger partial charge in [0.05, 0.1) is 24.1 Å². The number of aliphatic hydroxyl groups excluding tert-OH is 1. The first-order valence-electron chi connectivity index (χ1n) is 5.51. The molecule has 0 saturated heterocycles. The third-order valence-corrected chi connectivity index (χ3v) is 2.48. The van der Waals surface area contributed by atoms with Gasteiger partial charge in [0.15, 0.2) is 0 Å². The Morgan fingerprint density at radius 1 is 1.20 bits per heavy atom. The zero-order valence-electron chi connectivity index (χ0n) is 10.2. The Morgan fingerprint density at radius 2 is 1.70 bits per heavy atom. The molecule has 0 aromatic carbocycles. The van der Waals surface area contributed by atoms with Crippen LogP contribution in [-0.4, -0.2) is 40.6 Å². The smallest absolute Gasteiger partial charge is 0.306 e. The summed E-state index contributed by atoms with van der Waals surface area (Å²) in [4.78, 5) is 9.81. The lowest BCUT2D eigenvalue weighted by atomic mass is 10.3. The van der Waals surface area contributed by atoms with E-state index in [-0.39, 0.29) is 29.3 Å². The predicted octanol–water partition coefficient (Wildman–Crippen LogP) is 0.222. The number of nitrogens with zero attached hydrogens (tertiary/aromatic N) is 6. The van der Waals surface area contributed by atoms with E-state index >= 15 is 0 Å². The molecular formula is C9H11N7O4. The van der Waals surface area contributed by atoms with Crippen molar-refractivity contribution in [2.75, 3.05) is 0 Å². The number of nitrogens with one attached hydrogen (secondary N) is 1. The molecule has 0 spiro atoms. The second-order valence-corrected chi connectivity index (χ2v) is 4.05. The fourth-order valence-corrected chi connectivity index (χ4v) is 1.59. The quantitative estimate of drug-likeness (QED) is 0.335. The van der Waals surface area contributed by atoms with Gasteiger partial charge in [-0.05, 0) is 5.53 Å². The molecule has 0 unspecified atom stereocenters. The van der Waals surface area contributed by atoms with Crippen LogP contribution >= 0.6 is 0 Å². The Balaban J connectivity index is 1.95. The van der Waals surface area contributed by atoms with Crippen LogP contribution in [0.2, 0.25) is 0 Å². The Labute approximate surface area is 111 Å². The standard InChI is InChI=1S/C9H11N7O4/c10-15(18)7-1-11-13(3-7)5-9(17)6-14-4-8(2-12-14)16(19)20/h1-4,9-10,17H,5-6H2/t9-/m0/s1. The fourth-order valence-electron chi connectivity index (χ4n) is 1.59. The topological polar surface area (TPSA) is 149 Å². The number of aromatic nitrogens is 4. The Bertz CT molecular complexity index is 580. The fraction of sp³-hybridized carbons (Fsp3) is 0.333. The van der Waals surface area contributed by atoms with Crippen molar-refractivity contribution in [1.82, 2.24) is 19.6 Å². The predicted molar refractivity (Wildman–Crippen MR) is 63.1 cm³/mol. The zero-order chi connectivity index (χ0) is 14.7. The molecule has 0 aliphatic heterocycles. The minimum absolute atomic E-state index is 0.0466. The molecule has 2 aromatic rings. The SMILES string of the molecule is N=[N+]([O-])c1cnn(C[C@H](O)Cn2cc([N+](=O)[O-])cn2)c1. The highest BCUT2D eigenvalue weighted by Crippen LogP contribution is 2.10. The summed E-state index contributed by atoms with van der Waals surface area (Å²) in [6.45, 7) is 0.118. The van der Waals surface area contributed by atoms with Crippen LogP contribution in [0.25, 0.3) is 0 Å². The van der Waals surface area contributed by atoms with Crippen LogP contribution in [-0.2, 0) is 13.1 Å². The molecule has 1 atom stereocenters. The summed E-state index contributed by atoms with van der Waals surface area (Å²) in [5.41, 5.74) is 6.71. The molecule has 0 aliphatic rings. The van der Waals surface area contributed by atoms with Crippen molar-refractivity contribution < 1.29 is 14.9 Å². The zero-order valence-corrected chi connectivity index (χ0v) is 10.2. The molecule has 2 heterocycles. The molecule has 0 fully saturated rings. The van der Waals surface area contributed by atoms with E-state index in [4.69, 9.17) is 5.53 Å². The van der Waals surface area contributed by atoms with E-state index in [9.17, 15) is 20.4 Å². The van der Waals surface area contributed by atoms with Crippen molar-refractivity contribution >= 4 is 11.4 Å². The van der Waals surface area contributed by atoms with Crippen molar-refractivity contribution in [3.63, 3.8) is 0 Å². The molecule has 0 saturated carbocycles. The summed E-state index contributed by atoms with van der Waals surface area (Å²) in [5.74, 6) is 0. The lowest BCUT2D eigenvalue weighted by Gasteiger charge is -2.09. The Hall–Kier alpha value is -2.82. The maximum atomic E-state index is 10.7. The molecule has 0 amide bonds.